The molecule has 14 atom stereocenters. The van der Waals surface area contributed by atoms with E-state index in [2.05, 4.69) is 13.8 Å². The lowest BCUT2D eigenvalue weighted by atomic mass is 9.44. The second-order valence-corrected chi connectivity index (χ2v) is 12.9. The molecule has 0 spiro atoms. The third kappa shape index (κ3) is 3.93. The molecule has 4 aliphatic rings. The molecule has 190 valence electrons. The molecular formula is C28H48O5. The van der Waals surface area contributed by atoms with Crippen molar-refractivity contribution in [2.24, 2.45) is 58.2 Å². The van der Waals surface area contributed by atoms with Crippen LogP contribution in [-0.4, -0.2) is 50.6 Å². The number of aliphatic hydroxyl groups excluding tert-OH is 4. The van der Waals surface area contributed by atoms with Crippen molar-refractivity contribution in [1.82, 2.24) is 0 Å². The minimum Gasteiger partial charge on any atom is -0.390 e. The van der Waals surface area contributed by atoms with Gasteiger partial charge in [0.15, 0.2) is 0 Å². The van der Waals surface area contributed by atoms with Crippen molar-refractivity contribution in [1.29, 1.82) is 0 Å². The first kappa shape index (κ1) is 21.8. The number of ketones is 1. The van der Waals surface area contributed by atoms with E-state index in [0.717, 1.165) is 25.7 Å². The van der Waals surface area contributed by atoms with Gasteiger partial charge in [-0.2, -0.15) is 0 Å². The predicted octanol–water partition coefficient (Wildman–Crippen LogP) is 3.81. The number of fused-ring (bicyclic) bond motifs is 5. The van der Waals surface area contributed by atoms with Crippen molar-refractivity contribution in [2.75, 3.05) is 0 Å². The first-order valence-corrected chi connectivity index (χ1v) is 13.3. The average molecular weight is 468 g/mol. The molecule has 0 aliphatic heterocycles. The van der Waals surface area contributed by atoms with Crippen molar-refractivity contribution in [3.8, 4) is 0 Å². The second kappa shape index (κ2) is 8.87. The van der Waals surface area contributed by atoms with E-state index in [1.807, 2.05) is 6.92 Å². The summed E-state index contributed by atoms with van der Waals surface area (Å²) >= 11 is 0. The van der Waals surface area contributed by atoms with Gasteiger partial charge in [-0.3, -0.25) is 4.79 Å². The van der Waals surface area contributed by atoms with Gasteiger partial charge in [-0.1, -0.05) is 41.5 Å². The predicted molar refractivity (Wildman–Crippen MR) is 128 cm³/mol. The number of aliphatic hydroxyl groups is 4. The van der Waals surface area contributed by atoms with E-state index in [4.69, 9.17) is 4.11 Å². The van der Waals surface area contributed by atoms with Gasteiger partial charge in [0.2, 0.25) is 0 Å². The van der Waals surface area contributed by atoms with E-state index in [1.165, 1.54) is 0 Å². The summed E-state index contributed by atoms with van der Waals surface area (Å²) in [4.78, 5) is 13.4. The molecule has 0 saturated heterocycles. The molecule has 33 heavy (non-hydrogen) atoms. The number of Topliss-reactive ketones (excluding diaryl/α,β-unsaturated/α-hetero) is 1. The van der Waals surface area contributed by atoms with Crippen LogP contribution in [0.25, 0.3) is 0 Å². The molecule has 5 nitrogen and oxygen atoms in total. The Labute approximate surface area is 204 Å². The topological polar surface area (TPSA) is 98.0 Å². The van der Waals surface area contributed by atoms with Crippen molar-refractivity contribution in [2.45, 2.75) is 111 Å². The molecular weight excluding hydrogens is 416 g/mol. The maximum Gasteiger partial charge on any atom is 0.136 e. The largest absolute Gasteiger partial charge is 0.390 e. The van der Waals surface area contributed by atoms with Crippen LogP contribution in [-0.2, 0) is 4.79 Å². The lowest BCUT2D eigenvalue weighted by Crippen LogP contribution is -2.59. The Kier molecular flexibility index (Phi) is 5.85. The van der Waals surface area contributed by atoms with Gasteiger partial charge in [-0.25, -0.2) is 0 Å². The Morgan fingerprint density at radius 1 is 0.970 bits per heavy atom. The van der Waals surface area contributed by atoms with Crippen molar-refractivity contribution in [3.63, 3.8) is 0 Å². The summed E-state index contributed by atoms with van der Waals surface area (Å²) in [5, 5.41) is 43.0. The number of carbonyl (C=O) groups is 1. The molecule has 0 heterocycles. The molecule has 1 unspecified atom stereocenters. The highest BCUT2D eigenvalue weighted by molar-refractivity contribution is 5.83. The Morgan fingerprint density at radius 2 is 1.64 bits per heavy atom. The molecule has 4 rings (SSSR count). The number of carbonyl (C=O) groups excluding carboxylic acids is 1. The molecule has 0 amide bonds. The van der Waals surface area contributed by atoms with E-state index >= 15 is 0 Å². The zero-order valence-corrected chi connectivity index (χ0v) is 21.1. The highest BCUT2D eigenvalue weighted by Gasteiger charge is 2.63. The minimum absolute atomic E-state index is 0.0591. The number of hydrogen-bond acceptors (Lipinski definition) is 5. The molecule has 5 heteroatoms. The smallest absolute Gasteiger partial charge is 0.136 e. The van der Waals surface area contributed by atoms with Crippen LogP contribution in [0.5, 0.6) is 0 Å². The quantitative estimate of drug-likeness (QED) is 0.493. The van der Waals surface area contributed by atoms with Gasteiger partial charge in [0, 0.05) is 16.5 Å². The molecule has 0 aromatic rings. The van der Waals surface area contributed by atoms with Crippen LogP contribution >= 0.6 is 0 Å². The molecule has 0 aromatic carbocycles. The van der Waals surface area contributed by atoms with Crippen LogP contribution in [0.1, 0.15) is 90.5 Å². The zero-order chi connectivity index (χ0) is 27.0. The van der Waals surface area contributed by atoms with Crippen LogP contribution in [0.3, 0.4) is 0 Å². The van der Waals surface area contributed by atoms with E-state index in [-0.39, 0.29) is 40.3 Å². The molecule has 0 bridgehead atoms. The third-order valence-corrected chi connectivity index (χ3v) is 11.4. The van der Waals surface area contributed by atoms with E-state index in [1.54, 1.807) is 13.8 Å². The van der Waals surface area contributed by atoms with Crippen LogP contribution in [0.4, 0.5) is 0 Å². The molecule has 4 saturated carbocycles. The summed E-state index contributed by atoms with van der Waals surface area (Å²) in [6.45, 7) is 7.59. The first-order valence-electron chi connectivity index (χ1n) is 14.8. The highest BCUT2D eigenvalue weighted by atomic mass is 16.3. The van der Waals surface area contributed by atoms with E-state index < -0.39 is 43.1 Å². The van der Waals surface area contributed by atoms with Crippen molar-refractivity contribution in [3.05, 3.63) is 0 Å². The summed E-state index contributed by atoms with van der Waals surface area (Å²) in [6, 6.07) is 0. The van der Waals surface area contributed by atoms with E-state index in [0.29, 0.717) is 31.1 Å². The summed E-state index contributed by atoms with van der Waals surface area (Å²) in [7, 11) is 0. The lowest BCUT2D eigenvalue weighted by Gasteiger charge is -2.61. The van der Waals surface area contributed by atoms with Crippen LogP contribution in [0.15, 0.2) is 0 Å². The first-order chi connectivity index (χ1) is 16.5. The standard InChI is InChI=1S/C28H48O5/c1-14(2)15(3)25(32)26(33)16(4)18-7-8-19-17-11-22(29)21-12-23(30)24(31)13-28(21,6)20(17)9-10-27(18,19)5/h14-21,23-26,30-33H,7-13H2,1-6H3/t15-,16-,17-,18+,19-,20-,21+,23-,24+,25+,26+,27+,28+/m0/s1/i1D3/t14?,15-,16-,17-,18+,19-,20-,21+,23-,24+,25+,26+,27+,28+. The Hall–Kier alpha value is -0.490. The zero-order valence-electron chi connectivity index (χ0n) is 24.1. The minimum atomic E-state index is -2.18. The summed E-state index contributed by atoms with van der Waals surface area (Å²) < 4.78 is 23.2. The lowest BCUT2D eigenvalue weighted by molar-refractivity contribution is -0.175. The van der Waals surface area contributed by atoms with Gasteiger partial charge in [0.05, 0.1) is 24.4 Å². The number of rotatable bonds is 5. The fraction of sp³-hybridized carbons (Fsp3) is 0.964. The monoisotopic (exact) mass is 467 g/mol. The molecule has 4 N–H and O–H groups in total. The van der Waals surface area contributed by atoms with Crippen LogP contribution in [0, 0.1) is 58.2 Å². The van der Waals surface area contributed by atoms with Gasteiger partial charge in [0.25, 0.3) is 0 Å². The van der Waals surface area contributed by atoms with Gasteiger partial charge >= 0.3 is 0 Å². The van der Waals surface area contributed by atoms with Crippen molar-refractivity contribution >= 4 is 5.78 Å². The normalized spacial score (nSPS) is 51.6. The highest BCUT2D eigenvalue weighted by Crippen LogP contribution is 2.67. The fourth-order valence-electron chi connectivity index (χ4n) is 9.13. The van der Waals surface area contributed by atoms with Gasteiger partial charge in [0.1, 0.15) is 5.78 Å². The third-order valence-electron chi connectivity index (χ3n) is 11.4. The Bertz CT molecular complexity index is 834. The summed E-state index contributed by atoms with van der Waals surface area (Å²) in [6.07, 6.45) is 1.50. The Balaban J connectivity index is 1.53. The molecule has 4 aliphatic carbocycles. The average Bonchev–Trinajstić information content (AvgIpc) is 3.15. The number of hydrogen-bond donors (Lipinski definition) is 4. The molecule has 0 radical (unpaired) electrons. The summed E-state index contributed by atoms with van der Waals surface area (Å²) in [5.74, 6) is -0.310. The fourth-order valence-corrected chi connectivity index (χ4v) is 9.13. The summed E-state index contributed by atoms with van der Waals surface area (Å²) in [5.41, 5.74) is -0.351. The maximum absolute atomic E-state index is 13.4. The van der Waals surface area contributed by atoms with Gasteiger partial charge in [-0.05, 0) is 90.8 Å². The van der Waals surface area contributed by atoms with Crippen molar-refractivity contribution < 1.29 is 29.3 Å². The van der Waals surface area contributed by atoms with E-state index in [9.17, 15) is 25.2 Å². The molecule has 0 aromatic heterocycles. The van der Waals surface area contributed by atoms with Crippen LogP contribution in [0.2, 0.25) is 0 Å². The molecule has 4 fully saturated rings. The Morgan fingerprint density at radius 3 is 2.30 bits per heavy atom. The maximum atomic E-state index is 13.4. The van der Waals surface area contributed by atoms with Gasteiger partial charge < -0.3 is 20.4 Å². The van der Waals surface area contributed by atoms with Gasteiger partial charge in [-0.15, -0.1) is 0 Å². The van der Waals surface area contributed by atoms with Crippen LogP contribution < -0.4 is 0 Å². The second-order valence-electron chi connectivity index (χ2n) is 12.9. The SMILES string of the molecule is [2H]C([2H])([2H])C(C)[C@H](C)[C@@H](O)[C@H](O)[C@@H](C)[C@H]1CC[C@H]2[C@@H]3CC(=O)[C@H]4C[C@H](O)[C@H](O)C[C@]4(C)[C@H]3CC[C@]12C.